The van der Waals surface area contributed by atoms with E-state index in [2.05, 4.69) is 63.5 Å². The van der Waals surface area contributed by atoms with Gasteiger partial charge in [-0.2, -0.15) is 0 Å². The smallest absolute Gasteiger partial charge is 0.234 e. The highest BCUT2D eigenvalue weighted by Crippen LogP contribution is 2.26. The quantitative estimate of drug-likeness (QED) is 0.428. The van der Waals surface area contributed by atoms with Crippen molar-refractivity contribution in [3.05, 3.63) is 122 Å². The van der Waals surface area contributed by atoms with Crippen LogP contribution in [0.3, 0.4) is 0 Å². The summed E-state index contributed by atoms with van der Waals surface area (Å²) in [6, 6.07) is 28.1. The van der Waals surface area contributed by atoms with Gasteiger partial charge in [-0.25, -0.2) is 4.98 Å². The van der Waals surface area contributed by atoms with Crippen molar-refractivity contribution in [2.45, 2.75) is 0 Å². The van der Waals surface area contributed by atoms with E-state index in [0.29, 0.717) is 5.88 Å². The van der Waals surface area contributed by atoms with Crippen molar-refractivity contribution >= 4 is 17.9 Å². The second-order valence-corrected chi connectivity index (χ2v) is 7.19. The fraction of sp³-hybridized carbons (Fsp3) is 0. The molecule has 0 saturated heterocycles. The van der Waals surface area contributed by atoms with Crippen molar-refractivity contribution < 1.29 is 4.74 Å². The Kier molecular flexibility index (Phi) is 5.31. The standard InChI is InChI=1S/C26H20BN3O/c1-2-8-22(9-3-1)30-18-14-27(15-19-30)23-13-12-21(24-10-4-6-16-28-24)20-25(23)31-26-11-5-7-17-29-26/h1-20H. The summed E-state index contributed by atoms with van der Waals surface area (Å²) in [5, 5.41) is 0. The summed E-state index contributed by atoms with van der Waals surface area (Å²) in [7, 11) is 0. The van der Waals surface area contributed by atoms with Crippen LogP contribution < -0.4 is 15.1 Å². The molecule has 0 aliphatic carbocycles. The topological polar surface area (TPSA) is 38.2 Å². The van der Waals surface area contributed by atoms with Crippen molar-refractivity contribution in [2.75, 3.05) is 4.90 Å². The highest BCUT2D eigenvalue weighted by molar-refractivity contribution is 6.83. The molecule has 4 aromatic rings. The number of pyridine rings is 2. The lowest BCUT2D eigenvalue weighted by Crippen LogP contribution is -2.31. The third-order valence-electron chi connectivity index (χ3n) is 5.15. The molecule has 2 aromatic heterocycles. The second-order valence-electron chi connectivity index (χ2n) is 7.19. The molecule has 0 saturated carbocycles. The van der Waals surface area contributed by atoms with Crippen LogP contribution in [0.5, 0.6) is 11.6 Å². The first-order valence-corrected chi connectivity index (χ1v) is 10.2. The molecular weight excluding hydrogens is 381 g/mol. The minimum Gasteiger partial charge on any atom is -0.440 e. The summed E-state index contributed by atoms with van der Waals surface area (Å²) in [6.07, 6.45) is 7.72. The molecule has 0 N–H and O–H groups in total. The number of anilines is 1. The molecule has 1 aliphatic rings. The molecule has 3 heterocycles. The summed E-state index contributed by atoms with van der Waals surface area (Å²) < 4.78 is 6.22. The van der Waals surface area contributed by atoms with Crippen LogP contribution in [0.4, 0.5) is 5.69 Å². The largest absolute Gasteiger partial charge is 0.440 e. The highest BCUT2D eigenvalue weighted by Gasteiger charge is 2.20. The third kappa shape index (κ3) is 4.26. The summed E-state index contributed by atoms with van der Waals surface area (Å²) >= 11 is 0. The monoisotopic (exact) mass is 401 g/mol. The number of rotatable bonds is 5. The highest BCUT2D eigenvalue weighted by atomic mass is 16.5. The molecule has 0 fully saturated rings. The van der Waals surface area contributed by atoms with Gasteiger partial charge in [0.05, 0.1) is 5.69 Å². The van der Waals surface area contributed by atoms with Gasteiger partial charge < -0.3 is 9.64 Å². The average molecular weight is 401 g/mol. The van der Waals surface area contributed by atoms with Gasteiger partial charge in [0.2, 0.25) is 12.6 Å². The zero-order chi connectivity index (χ0) is 20.9. The lowest BCUT2D eigenvalue weighted by molar-refractivity contribution is 0.466. The van der Waals surface area contributed by atoms with Crippen molar-refractivity contribution in [3.63, 3.8) is 0 Å². The predicted molar refractivity (Wildman–Crippen MR) is 127 cm³/mol. The Bertz CT molecular complexity index is 1200. The van der Waals surface area contributed by atoms with Crippen LogP contribution in [0.25, 0.3) is 11.3 Å². The first kappa shape index (κ1) is 18.9. The van der Waals surface area contributed by atoms with E-state index in [1.54, 1.807) is 12.4 Å². The van der Waals surface area contributed by atoms with Gasteiger partial charge in [0.25, 0.3) is 0 Å². The minimum absolute atomic E-state index is 0.0939. The molecule has 2 aromatic carbocycles. The number of nitrogens with zero attached hydrogens (tertiary/aromatic N) is 3. The van der Waals surface area contributed by atoms with Gasteiger partial charge in [0, 0.05) is 29.7 Å². The molecule has 0 bridgehead atoms. The minimum atomic E-state index is 0.0939. The van der Waals surface area contributed by atoms with Crippen molar-refractivity contribution in [3.8, 4) is 22.9 Å². The maximum atomic E-state index is 6.22. The van der Waals surface area contributed by atoms with E-state index in [-0.39, 0.29) is 6.71 Å². The average Bonchev–Trinajstić information content (AvgIpc) is 2.86. The maximum Gasteiger partial charge on any atom is 0.234 e. The van der Waals surface area contributed by atoms with Crippen LogP contribution in [-0.4, -0.2) is 16.7 Å². The molecule has 148 valence electrons. The first-order chi connectivity index (χ1) is 15.4. The number of hydrogen-bond donors (Lipinski definition) is 0. The number of benzene rings is 2. The van der Waals surface area contributed by atoms with Gasteiger partial charge >= 0.3 is 0 Å². The number of ether oxygens (including phenoxy) is 1. The Balaban J connectivity index is 1.48. The molecule has 0 unspecified atom stereocenters. The first-order valence-electron chi connectivity index (χ1n) is 10.2. The fourth-order valence-electron chi connectivity index (χ4n) is 3.58. The van der Waals surface area contributed by atoms with Crippen LogP contribution >= 0.6 is 0 Å². The van der Waals surface area contributed by atoms with Crippen LogP contribution in [0, 0.1) is 0 Å². The summed E-state index contributed by atoms with van der Waals surface area (Å²) in [5.74, 6) is 5.69. The summed E-state index contributed by atoms with van der Waals surface area (Å²) in [4.78, 5) is 10.9. The zero-order valence-electron chi connectivity index (χ0n) is 16.9. The molecule has 1 aliphatic heterocycles. The SMILES string of the molecule is C1=CN(c2ccccc2)C=CB1c1ccc(-c2ccccn2)cc1Oc1ccccn1. The Labute approximate surface area is 182 Å². The number of hydrogen-bond acceptors (Lipinski definition) is 4. The normalized spacial score (nSPS) is 12.8. The Morgan fingerprint density at radius 1 is 0.710 bits per heavy atom. The Morgan fingerprint density at radius 3 is 2.16 bits per heavy atom. The van der Waals surface area contributed by atoms with Crippen LogP contribution in [0.1, 0.15) is 0 Å². The molecule has 4 nitrogen and oxygen atoms in total. The predicted octanol–water partition coefficient (Wildman–Crippen LogP) is 5.26. The fourth-order valence-corrected chi connectivity index (χ4v) is 3.58. The molecule has 0 radical (unpaired) electrons. The Hall–Kier alpha value is -4.12. The van der Waals surface area contributed by atoms with Gasteiger partial charge in [-0.1, -0.05) is 54.4 Å². The van der Waals surface area contributed by atoms with E-state index >= 15 is 0 Å². The molecule has 0 amide bonds. The summed E-state index contributed by atoms with van der Waals surface area (Å²) in [5.41, 5.74) is 4.12. The molecular formula is C26H20BN3O. The molecule has 0 atom stereocenters. The van der Waals surface area contributed by atoms with Crippen LogP contribution in [-0.2, 0) is 0 Å². The van der Waals surface area contributed by atoms with Crippen LogP contribution in [0.2, 0.25) is 0 Å². The van der Waals surface area contributed by atoms with Crippen molar-refractivity contribution in [1.29, 1.82) is 0 Å². The summed E-state index contributed by atoms with van der Waals surface area (Å²) in [6.45, 7) is 0.0939. The van der Waals surface area contributed by atoms with Crippen LogP contribution in [0.15, 0.2) is 122 Å². The molecule has 5 rings (SSSR count). The second kappa shape index (κ2) is 8.72. The lowest BCUT2D eigenvalue weighted by Gasteiger charge is -2.22. The Morgan fingerprint density at radius 2 is 1.45 bits per heavy atom. The van der Waals surface area contributed by atoms with Gasteiger partial charge in [0.15, 0.2) is 0 Å². The van der Waals surface area contributed by atoms with Gasteiger partial charge in [0.1, 0.15) is 5.75 Å². The maximum absolute atomic E-state index is 6.22. The van der Waals surface area contributed by atoms with Gasteiger partial charge in [-0.05, 0) is 54.3 Å². The van der Waals surface area contributed by atoms with E-state index in [0.717, 1.165) is 28.2 Å². The van der Waals surface area contributed by atoms with Crippen molar-refractivity contribution in [1.82, 2.24) is 9.97 Å². The number of para-hydroxylation sites is 1. The van der Waals surface area contributed by atoms with Gasteiger partial charge in [-0.15, -0.1) is 0 Å². The lowest BCUT2D eigenvalue weighted by atomic mass is 9.44. The van der Waals surface area contributed by atoms with E-state index in [9.17, 15) is 0 Å². The molecule has 31 heavy (non-hydrogen) atoms. The molecule has 0 spiro atoms. The third-order valence-corrected chi connectivity index (χ3v) is 5.15. The van der Waals surface area contributed by atoms with E-state index in [1.165, 1.54) is 0 Å². The molecule has 5 heteroatoms. The van der Waals surface area contributed by atoms with E-state index in [4.69, 9.17) is 4.74 Å². The van der Waals surface area contributed by atoms with E-state index in [1.807, 2.05) is 60.7 Å². The van der Waals surface area contributed by atoms with E-state index < -0.39 is 0 Å². The zero-order valence-corrected chi connectivity index (χ0v) is 16.9. The number of aromatic nitrogens is 2. The van der Waals surface area contributed by atoms with Gasteiger partial charge in [-0.3, -0.25) is 4.98 Å². The van der Waals surface area contributed by atoms with Crippen molar-refractivity contribution in [2.24, 2.45) is 0 Å².